The van der Waals surface area contributed by atoms with E-state index >= 15 is 0 Å². The van der Waals surface area contributed by atoms with Crippen molar-refractivity contribution in [2.24, 2.45) is 0 Å². The molecule has 0 atom stereocenters. The fourth-order valence-corrected chi connectivity index (χ4v) is 2.74. The minimum atomic E-state index is 0.0430. The highest BCUT2D eigenvalue weighted by Crippen LogP contribution is 2.14. The van der Waals surface area contributed by atoms with Gasteiger partial charge in [-0.05, 0) is 44.1 Å². The molecule has 0 saturated carbocycles. The second-order valence-corrected chi connectivity index (χ2v) is 6.39. The molecule has 5 heteroatoms. The van der Waals surface area contributed by atoms with Gasteiger partial charge in [-0.3, -0.25) is 9.78 Å². The van der Waals surface area contributed by atoms with Crippen LogP contribution in [0.4, 0.5) is 0 Å². The van der Waals surface area contributed by atoms with Gasteiger partial charge in [-0.2, -0.15) is 0 Å². The molecule has 0 unspecified atom stereocenters. The van der Waals surface area contributed by atoms with E-state index in [2.05, 4.69) is 16.0 Å². The van der Waals surface area contributed by atoms with Crippen LogP contribution in [0, 0.1) is 6.92 Å². The van der Waals surface area contributed by atoms with E-state index in [9.17, 15) is 4.79 Å². The predicted octanol–water partition coefficient (Wildman–Crippen LogP) is 2.66. The molecular formula is C16H21N3OS. The molecule has 0 spiro atoms. The zero-order chi connectivity index (χ0) is 15.2. The van der Waals surface area contributed by atoms with Gasteiger partial charge >= 0.3 is 0 Å². The molecule has 4 nitrogen and oxygen atoms in total. The Balaban J connectivity index is 2.15. The molecule has 0 aliphatic rings. The van der Waals surface area contributed by atoms with E-state index in [4.69, 9.17) is 0 Å². The summed E-state index contributed by atoms with van der Waals surface area (Å²) in [4.78, 5) is 22.0. The van der Waals surface area contributed by atoms with Gasteiger partial charge in [0.1, 0.15) is 0 Å². The summed E-state index contributed by atoms with van der Waals surface area (Å²) in [5.74, 6) is 0.0430. The van der Waals surface area contributed by atoms with Crippen LogP contribution in [0.1, 0.15) is 20.8 Å². The first-order chi connectivity index (χ1) is 10.1. The Morgan fingerprint density at radius 3 is 2.71 bits per heavy atom. The van der Waals surface area contributed by atoms with Gasteiger partial charge in [0, 0.05) is 30.4 Å². The van der Waals surface area contributed by atoms with Crippen LogP contribution < -0.4 is 0 Å². The smallest absolute Gasteiger partial charge is 0.255 e. The van der Waals surface area contributed by atoms with Crippen LogP contribution in [0.25, 0.3) is 0 Å². The number of rotatable bonds is 6. The highest BCUT2D eigenvalue weighted by atomic mass is 32.1. The van der Waals surface area contributed by atoms with Gasteiger partial charge in [0.25, 0.3) is 5.91 Å². The number of hydrogen-bond acceptors (Lipinski definition) is 4. The van der Waals surface area contributed by atoms with Gasteiger partial charge in [0.05, 0.1) is 12.1 Å². The maximum Gasteiger partial charge on any atom is 0.255 e. The number of aromatic nitrogens is 1. The summed E-state index contributed by atoms with van der Waals surface area (Å²) in [7, 11) is 4.03. The van der Waals surface area contributed by atoms with Crippen molar-refractivity contribution in [2.45, 2.75) is 13.5 Å². The van der Waals surface area contributed by atoms with E-state index in [1.165, 1.54) is 4.88 Å². The van der Waals surface area contributed by atoms with E-state index in [0.717, 1.165) is 12.1 Å². The average molecular weight is 303 g/mol. The SMILES string of the molecule is Cc1cncc(C(=O)N(CCN(C)C)Cc2cccs2)c1. The normalized spacial score (nSPS) is 10.9. The van der Waals surface area contributed by atoms with Gasteiger partial charge in [-0.25, -0.2) is 0 Å². The number of aryl methyl sites for hydroxylation is 1. The Kier molecular flexibility index (Phi) is 5.47. The summed E-state index contributed by atoms with van der Waals surface area (Å²) in [5.41, 5.74) is 1.66. The topological polar surface area (TPSA) is 36.4 Å². The van der Waals surface area contributed by atoms with Crippen molar-refractivity contribution in [3.8, 4) is 0 Å². The third kappa shape index (κ3) is 4.65. The Hall–Kier alpha value is -1.72. The third-order valence-corrected chi connectivity index (χ3v) is 4.01. The van der Waals surface area contributed by atoms with Crippen molar-refractivity contribution in [1.29, 1.82) is 0 Å². The molecule has 0 aliphatic heterocycles. The summed E-state index contributed by atoms with van der Waals surface area (Å²) in [6, 6.07) is 5.98. The van der Waals surface area contributed by atoms with E-state index < -0.39 is 0 Å². The number of carbonyl (C=O) groups excluding carboxylic acids is 1. The van der Waals surface area contributed by atoms with E-state index in [0.29, 0.717) is 18.7 Å². The predicted molar refractivity (Wildman–Crippen MR) is 86.6 cm³/mol. The molecular weight excluding hydrogens is 282 g/mol. The van der Waals surface area contributed by atoms with E-state index in [1.54, 1.807) is 23.7 Å². The first-order valence-electron chi connectivity index (χ1n) is 6.94. The van der Waals surface area contributed by atoms with Crippen molar-refractivity contribution in [3.05, 3.63) is 52.0 Å². The van der Waals surface area contributed by atoms with E-state index in [1.807, 2.05) is 43.4 Å². The first-order valence-corrected chi connectivity index (χ1v) is 7.82. The molecule has 2 rings (SSSR count). The number of carbonyl (C=O) groups is 1. The Morgan fingerprint density at radius 1 is 1.29 bits per heavy atom. The van der Waals surface area contributed by atoms with E-state index in [-0.39, 0.29) is 5.91 Å². The van der Waals surface area contributed by atoms with Gasteiger partial charge < -0.3 is 9.80 Å². The maximum atomic E-state index is 12.7. The number of thiophene rings is 1. The third-order valence-electron chi connectivity index (χ3n) is 3.15. The second-order valence-electron chi connectivity index (χ2n) is 5.36. The Bertz CT molecular complexity index is 581. The molecule has 0 saturated heterocycles. The minimum Gasteiger partial charge on any atom is -0.332 e. The summed E-state index contributed by atoms with van der Waals surface area (Å²) < 4.78 is 0. The lowest BCUT2D eigenvalue weighted by Gasteiger charge is -2.24. The van der Waals surface area contributed by atoms with Crippen LogP contribution >= 0.6 is 11.3 Å². The molecule has 1 amide bonds. The van der Waals surface area contributed by atoms with Crippen LogP contribution in [0.2, 0.25) is 0 Å². The lowest BCUT2D eigenvalue weighted by molar-refractivity contribution is 0.0733. The van der Waals surface area contributed by atoms with Gasteiger partial charge in [-0.15, -0.1) is 11.3 Å². The van der Waals surface area contributed by atoms with Crippen molar-refractivity contribution in [1.82, 2.24) is 14.8 Å². The number of amides is 1. The second kappa shape index (κ2) is 7.33. The molecule has 2 aromatic rings. The molecule has 0 N–H and O–H groups in total. The number of nitrogens with zero attached hydrogens (tertiary/aromatic N) is 3. The Morgan fingerprint density at radius 2 is 2.10 bits per heavy atom. The van der Waals surface area contributed by atoms with Gasteiger partial charge in [-0.1, -0.05) is 6.07 Å². The van der Waals surface area contributed by atoms with Crippen LogP contribution in [0.15, 0.2) is 36.0 Å². The lowest BCUT2D eigenvalue weighted by atomic mass is 10.2. The number of pyridine rings is 1. The molecule has 112 valence electrons. The monoisotopic (exact) mass is 303 g/mol. The largest absolute Gasteiger partial charge is 0.332 e. The zero-order valence-electron chi connectivity index (χ0n) is 12.7. The standard InChI is InChI=1S/C16H21N3OS/c1-13-9-14(11-17-10-13)16(20)19(7-6-18(2)3)12-15-5-4-8-21-15/h4-5,8-11H,6-7,12H2,1-3H3. The molecule has 2 heterocycles. The van der Waals surface area contributed by atoms with Crippen molar-refractivity contribution in [2.75, 3.05) is 27.2 Å². The summed E-state index contributed by atoms with van der Waals surface area (Å²) in [6.07, 6.45) is 3.41. The molecule has 0 radical (unpaired) electrons. The summed E-state index contributed by atoms with van der Waals surface area (Å²) in [6.45, 7) is 4.15. The zero-order valence-corrected chi connectivity index (χ0v) is 13.6. The summed E-state index contributed by atoms with van der Waals surface area (Å²) in [5, 5.41) is 2.04. The lowest BCUT2D eigenvalue weighted by Crippen LogP contribution is -2.36. The molecule has 0 aliphatic carbocycles. The maximum absolute atomic E-state index is 12.7. The highest BCUT2D eigenvalue weighted by Gasteiger charge is 2.17. The molecule has 2 aromatic heterocycles. The van der Waals surface area contributed by atoms with Crippen molar-refractivity contribution in [3.63, 3.8) is 0 Å². The Labute approximate surface area is 130 Å². The minimum absolute atomic E-state index is 0.0430. The van der Waals surface area contributed by atoms with Crippen molar-refractivity contribution >= 4 is 17.2 Å². The summed E-state index contributed by atoms with van der Waals surface area (Å²) >= 11 is 1.68. The quantitative estimate of drug-likeness (QED) is 0.823. The van der Waals surface area contributed by atoms with Crippen LogP contribution in [0.3, 0.4) is 0 Å². The fraction of sp³-hybridized carbons (Fsp3) is 0.375. The number of hydrogen-bond donors (Lipinski definition) is 0. The van der Waals surface area contributed by atoms with Crippen LogP contribution in [0.5, 0.6) is 0 Å². The number of likely N-dealkylation sites (N-methyl/N-ethyl adjacent to an activating group) is 1. The molecule has 21 heavy (non-hydrogen) atoms. The average Bonchev–Trinajstić information content (AvgIpc) is 2.95. The first kappa shape index (κ1) is 15.7. The van der Waals surface area contributed by atoms with Crippen LogP contribution in [-0.4, -0.2) is 47.9 Å². The molecule has 0 fully saturated rings. The van der Waals surface area contributed by atoms with Crippen molar-refractivity contribution < 1.29 is 4.79 Å². The highest BCUT2D eigenvalue weighted by molar-refractivity contribution is 7.09. The molecule has 0 bridgehead atoms. The molecule has 0 aromatic carbocycles. The fourth-order valence-electron chi connectivity index (χ4n) is 2.02. The van der Waals surface area contributed by atoms with Crippen LogP contribution in [-0.2, 0) is 6.54 Å². The van der Waals surface area contributed by atoms with Gasteiger partial charge in [0.15, 0.2) is 0 Å². The van der Waals surface area contributed by atoms with Gasteiger partial charge in [0.2, 0.25) is 0 Å².